The Bertz CT molecular complexity index is 1090. The maximum Gasteiger partial charge on any atom is 0.201 e. The van der Waals surface area contributed by atoms with Crippen LogP contribution < -0.4 is 9.47 Å². The summed E-state index contributed by atoms with van der Waals surface area (Å²) in [6.07, 6.45) is 0. The number of ether oxygens (including phenoxy) is 3. The molecule has 0 aliphatic carbocycles. The van der Waals surface area contributed by atoms with Crippen LogP contribution in [-0.2, 0) is 11.3 Å². The smallest absolute Gasteiger partial charge is 0.201 e. The average Bonchev–Trinajstić information content (AvgIpc) is 3.11. The Morgan fingerprint density at radius 3 is 2.55 bits per heavy atom. The second kappa shape index (κ2) is 9.60. The second-order valence-electron chi connectivity index (χ2n) is 7.25. The summed E-state index contributed by atoms with van der Waals surface area (Å²) in [4.78, 5) is 15.8. The lowest BCUT2D eigenvalue weighted by molar-refractivity contribution is 0.0340. The largest absolute Gasteiger partial charge is 0.508 e. The van der Waals surface area contributed by atoms with Crippen LogP contribution in [0.4, 0.5) is 0 Å². The number of phenolic OH excluding ortho intramolecular Hbond substituents is 1. The molecule has 4 rings (SSSR count). The van der Waals surface area contributed by atoms with Crippen LogP contribution in [0.2, 0.25) is 0 Å². The summed E-state index contributed by atoms with van der Waals surface area (Å²) in [5, 5.41) is 11.3. The number of ketones is 1. The third kappa shape index (κ3) is 4.35. The van der Waals surface area contributed by atoms with Gasteiger partial charge in [0.1, 0.15) is 28.6 Å². The van der Waals surface area contributed by atoms with Gasteiger partial charge in [0.05, 0.1) is 38.6 Å². The topological polar surface area (TPSA) is 81.4 Å². The van der Waals surface area contributed by atoms with Gasteiger partial charge in [-0.15, -0.1) is 12.4 Å². The fraction of sp³-hybridized carbons (Fsp3) is 0.348. The van der Waals surface area contributed by atoms with E-state index in [0.717, 1.165) is 13.1 Å². The second-order valence-corrected chi connectivity index (χ2v) is 7.25. The van der Waals surface area contributed by atoms with Gasteiger partial charge < -0.3 is 23.7 Å². The van der Waals surface area contributed by atoms with Crippen molar-refractivity contribution >= 4 is 29.2 Å². The van der Waals surface area contributed by atoms with Crippen molar-refractivity contribution in [3.63, 3.8) is 0 Å². The Morgan fingerprint density at radius 1 is 1.13 bits per heavy atom. The van der Waals surface area contributed by atoms with E-state index in [-0.39, 0.29) is 23.9 Å². The zero-order valence-corrected chi connectivity index (χ0v) is 18.6. The van der Waals surface area contributed by atoms with Crippen molar-refractivity contribution in [1.82, 2.24) is 4.90 Å². The summed E-state index contributed by atoms with van der Waals surface area (Å²) < 4.78 is 22.0. The number of carbonyl (C=O) groups excluding carboxylic acids is 1. The van der Waals surface area contributed by atoms with Gasteiger partial charge in [0, 0.05) is 30.6 Å². The standard InChI is InChI=1S/C23H25NO6.ClH/c1-14-21(23(26)16-12-15(27-2)4-6-19(16)28-3)22-17(13-24-8-10-29-11-9-24)18(25)5-7-20(22)30-14;/h4-7,12,25H,8-11,13H2,1-3H3;1H. The van der Waals surface area contributed by atoms with Gasteiger partial charge in [-0.2, -0.15) is 0 Å². The molecule has 1 fully saturated rings. The van der Waals surface area contributed by atoms with Crippen LogP contribution in [0.15, 0.2) is 34.7 Å². The first-order valence-corrected chi connectivity index (χ1v) is 9.84. The number of hydrogen-bond donors (Lipinski definition) is 1. The van der Waals surface area contributed by atoms with Gasteiger partial charge in [0.2, 0.25) is 5.78 Å². The normalized spacial score (nSPS) is 14.3. The van der Waals surface area contributed by atoms with Gasteiger partial charge in [-0.1, -0.05) is 0 Å². The number of carbonyl (C=O) groups is 1. The van der Waals surface area contributed by atoms with Crippen LogP contribution in [0.5, 0.6) is 17.2 Å². The van der Waals surface area contributed by atoms with Gasteiger partial charge in [0.15, 0.2) is 0 Å². The Morgan fingerprint density at radius 2 is 1.87 bits per heavy atom. The Balaban J connectivity index is 0.00000272. The number of methoxy groups -OCH3 is 2. The number of aromatic hydroxyl groups is 1. The number of halogens is 1. The molecule has 31 heavy (non-hydrogen) atoms. The minimum atomic E-state index is -0.240. The number of benzene rings is 2. The molecule has 0 unspecified atom stereocenters. The number of rotatable bonds is 6. The van der Waals surface area contributed by atoms with E-state index in [9.17, 15) is 9.90 Å². The fourth-order valence-electron chi connectivity index (χ4n) is 3.91. The highest BCUT2D eigenvalue weighted by Gasteiger charge is 2.27. The molecular formula is C23H26ClNO6. The average molecular weight is 448 g/mol. The summed E-state index contributed by atoms with van der Waals surface area (Å²) in [5.41, 5.74) is 2.05. The predicted molar refractivity (Wildman–Crippen MR) is 119 cm³/mol. The lowest BCUT2D eigenvalue weighted by atomic mass is 9.96. The highest BCUT2D eigenvalue weighted by Crippen LogP contribution is 2.37. The maximum atomic E-state index is 13.6. The molecule has 7 nitrogen and oxygen atoms in total. The number of aryl methyl sites for hydroxylation is 1. The summed E-state index contributed by atoms with van der Waals surface area (Å²) in [6.45, 7) is 5.08. The molecule has 1 N–H and O–H groups in total. The molecule has 2 aromatic carbocycles. The molecule has 1 aromatic heterocycles. The molecule has 1 aliphatic rings. The molecule has 0 radical (unpaired) electrons. The van der Waals surface area contributed by atoms with Crippen LogP contribution in [0.3, 0.4) is 0 Å². The highest BCUT2D eigenvalue weighted by atomic mass is 35.5. The first kappa shape index (κ1) is 22.9. The van der Waals surface area contributed by atoms with Crippen LogP contribution in [0.1, 0.15) is 27.2 Å². The molecule has 8 heteroatoms. The lowest BCUT2D eigenvalue weighted by Crippen LogP contribution is -2.35. The molecule has 0 amide bonds. The third-order valence-electron chi connectivity index (χ3n) is 5.48. The van der Waals surface area contributed by atoms with Crippen molar-refractivity contribution in [3.05, 3.63) is 52.8 Å². The Hall–Kier alpha value is -2.74. The summed E-state index contributed by atoms with van der Waals surface area (Å²) >= 11 is 0. The zero-order valence-electron chi connectivity index (χ0n) is 17.8. The van der Waals surface area contributed by atoms with E-state index in [1.54, 1.807) is 44.4 Å². The molecule has 1 saturated heterocycles. The predicted octanol–water partition coefficient (Wildman–Crippen LogP) is 3.95. The quantitative estimate of drug-likeness (QED) is 0.573. The van der Waals surface area contributed by atoms with Crippen molar-refractivity contribution in [1.29, 1.82) is 0 Å². The van der Waals surface area contributed by atoms with Crippen LogP contribution in [0.25, 0.3) is 11.0 Å². The maximum absolute atomic E-state index is 13.6. The molecule has 1 aliphatic heterocycles. The zero-order chi connectivity index (χ0) is 21.3. The van der Waals surface area contributed by atoms with Crippen LogP contribution >= 0.6 is 12.4 Å². The van der Waals surface area contributed by atoms with Gasteiger partial charge in [-0.3, -0.25) is 9.69 Å². The van der Waals surface area contributed by atoms with Crippen molar-refractivity contribution in [2.24, 2.45) is 0 Å². The summed E-state index contributed by atoms with van der Waals surface area (Å²) in [5.74, 6) is 1.40. The van der Waals surface area contributed by atoms with E-state index >= 15 is 0 Å². The van der Waals surface area contributed by atoms with Gasteiger partial charge in [-0.05, 0) is 37.3 Å². The van der Waals surface area contributed by atoms with Crippen LogP contribution in [-0.4, -0.2) is 56.3 Å². The SMILES string of the molecule is COc1ccc(OC)c(C(=O)c2c(C)oc3ccc(O)c(CN4CCOCC4)c23)c1.Cl. The molecule has 0 bridgehead atoms. The van der Waals surface area contributed by atoms with Gasteiger partial charge >= 0.3 is 0 Å². The van der Waals surface area contributed by atoms with E-state index in [4.69, 9.17) is 18.6 Å². The van der Waals surface area contributed by atoms with E-state index in [2.05, 4.69) is 4.90 Å². The highest BCUT2D eigenvalue weighted by molar-refractivity contribution is 6.19. The number of phenols is 1. The van der Waals surface area contributed by atoms with Gasteiger partial charge in [-0.25, -0.2) is 0 Å². The molecule has 2 heterocycles. The number of furan rings is 1. The molecule has 0 atom stereocenters. The minimum Gasteiger partial charge on any atom is -0.508 e. The number of morpholine rings is 1. The van der Waals surface area contributed by atoms with E-state index < -0.39 is 0 Å². The summed E-state index contributed by atoms with van der Waals surface area (Å²) in [7, 11) is 3.07. The van der Waals surface area contributed by atoms with E-state index in [1.807, 2.05) is 0 Å². The Labute approximate surface area is 186 Å². The van der Waals surface area contributed by atoms with E-state index in [1.165, 1.54) is 7.11 Å². The van der Waals surface area contributed by atoms with E-state index in [0.29, 0.717) is 64.7 Å². The van der Waals surface area contributed by atoms with Crippen LogP contribution in [0, 0.1) is 6.92 Å². The molecule has 166 valence electrons. The Kier molecular flexibility index (Phi) is 7.10. The molecule has 0 saturated carbocycles. The first-order chi connectivity index (χ1) is 14.5. The first-order valence-electron chi connectivity index (χ1n) is 9.84. The van der Waals surface area contributed by atoms with Crippen molar-refractivity contribution < 1.29 is 28.5 Å². The number of hydrogen-bond acceptors (Lipinski definition) is 7. The molecule has 3 aromatic rings. The lowest BCUT2D eigenvalue weighted by Gasteiger charge is -2.27. The number of nitrogens with zero attached hydrogens (tertiary/aromatic N) is 1. The monoisotopic (exact) mass is 447 g/mol. The fourth-order valence-corrected chi connectivity index (χ4v) is 3.91. The molecular weight excluding hydrogens is 422 g/mol. The van der Waals surface area contributed by atoms with Crippen molar-refractivity contribution in [3.8, 4) is 17.2 Å². The van der Waals surface area contributed by atoms with Crippen molar-refractivity contribution in [2.75, 3.05) is 40.5 Å². The number of fused-ring (bicyclic) bond motifs is 1. The summed E-state index contributed by atoms with van der Waals surface area (Å²) in [6, 6.07) is 8.41. The minimum absolute atomic E-state index is 0. The van der Waals surface area contributed by atoms with Gasteiger partial charge in [0.25, 0.3) is 0 Å². The third-order valence-corrected chi connectivity index (χ3v) is 5.48. The van der Waals surface area contributed by atoms with Crippen molar-refractivity contribution in [2.45, 2.75) is 13.5 Å². The molecule has 0 spiro atoms.